The lowest BCUT2D eigenvalue weighted by molar-refractivity contribution is 0.0905. The summed E-state index contributed by atoms with van der Waals surface area (Å²) in [6.07, 6.45) is -0.756. The van der Waals surface area contributed by atoms with Gasteiger partial charge in [0.05, 0.1) is 0 Å². The summed E-state index contributed by atoms with van der Waals surface area (Å²) in [5, 5.41) is 0. The molecule has 0 bridgehead atoms. The standard InChI is InChI=1S/C24H25N3O4/c1-27(2)21-13-11-20(12-14-21)23(28)25-26-24(29)31-17-19-9-6-10-22(15-19)30-16-18-7-4-3-5-8-18/h3-15H,16-17H2,1-2H3,(H,25,28)(H,26,29). The zero-order valence-electron chi connectivity index (χ0n) is 17.5. The van der Waals surface area contributed by atoms with Crippen LogP contribution in [0.2, 0.25) is 0 Å². The Morgan fingerprint density at radius 3 is 2.23 bits per heavy atom. The van der Waals surface area contributed by atoms with Crippen LogP contribution in [0.1, 0.15) is 21.5 Å². The van der Waals surface area contributed by atoms with Crippen molar-refractivity contribution in [1.82, 2.24) is 10.9 Å². The first-order chi connectivity index (χ1) is 15.0. The summed E-state index contributed by atoms with van der Waals surface area (Å²) in [6.45, 7) is 0.495. The smallest absolute Gasteiger partial charge is 0.426 e. The molecule has 3 aromatic rings. The van der Waals surface area contributed by atoms with Crippen molar-refractivity contribution in [3.63, 3.8) is 0 Å². The molecule has 0 unspecified atom stereocenters. The van der Waals surface area contributed by atoms with Crippen LogP contribution in [-0.2, 0) is 18.0 Å². The number of nitrogens with one attached hydrogen (secondary N) is 2. The van der Waals surface area contributed by atoms with Gasteiger partial charge < -0.3 is 14.4 Å². The first kappa shape index (κ1) is 21.7. The van der Waals surface area contributed by atoms with Gasteiger partial charge in [0.1, 0.15) is 19.0 Å². The molecule has 0 aliphatic heterocycles. The number of nitrogens with zero attached hydrogens (tertiary/aromatic N) is 1. The summed E-state index contributed by atoms with van der Waals surface area (Å²) in [7, 11) is 3.83. The van der Waals surface area contributed by atoms with Crippen molar-refractivity contribution < 1.29 is 19.1 Å². The van der Waals surface area contributed by atoms with Gasteiger partial charge in [0.15, 0.2) is 0 Å². The summed E-state index contributed by atoms with van der Waals surface area (Å²) >= 11 is 0. The highest BCUT2D eigenvalue weighted by Gasteiger charge is 2.09. The third-order valence-electron chi connectivity index (χ3n) is 4.44. The highest BCUT2D eigenvalue weighted by molar-refractivity contribution is 5.95. The number of amides is 2. The van der Waals surface area contributed by atoms with Gasteiger partial charge in [0, 0.05) is 25.3 Å². The number of ether oxygens (including phenoxy) is 2. The number of hydrogen-bond acceptors (Lipinski definition) is 5. The molecule has 2 amide bonds. The summed E-state index contributed by atoms with van der Waals surface area (Å²) in [4.78, 5) is 26.0. The topological polar surface area (TPSA) is 79.9 Å². The van der Waals surface area contributed by atoms with E-state index in [2.05, 4.69) is 10.9 Å². The van der Waals surface area contributed by atoms with Gasteiger partial charge in [-0.05, 0) is 47.5 Å². The highest BCUT2D eigenvalue weighted by atomic mass is 16.6. The summed E-state index contributed by atoms with van der Waals surface area (Å²) in [5.74, 6) is 0.249. The van der Waals surface area contributed by atoms with Gasteiger partial charge in [-0.3, -0.25) is 10.2 Å². The second kappa shape index (κ2) is 10.7. The van der Waals surface area contributed by atoms with Crippen LogP contribution in [0, 0.1) is 0 Å². The second-order valence-corrected chi connectivity index (χ2v) is 7.02. The molecule has 0 aromatic heterocycles. The maximum Gasteiger partial charge on any atom is 0.426 e. The number of benzene rings is 3. The molecule has 7 nitrogen and oxygen atoms in total. The fourth-order valence-corrected chi connectivity index (χ4v) is 2.74. The predicted octanol–water partition coefficient (Wildman–Crippen LogP) is 3.90. The van der Waals surface area contributed by atoms with Crippen molar-refractivity contribution in [2.45, 2.75) is 13.2 Å². The van der Waals surface area contributed by atoms with Crippen molar-refractivity contribution in [3.05, 3.63) is 95.6 Å². The van der Waals surface area contributed by atoms with Gasteiger partial charge in [-0.1, -0.05) is 42.5 Å². The lowest BCUT2D eigenvalue weighted by Gasteiger charge is -2.13. The fourth-order valence-electron chi connectivity index (χ4n) is 2.74. The minimum absolute atomic E-state index is 0.0434. The molecule has 160 valence electrons. The Bertz CT molecular complexity index is 1000. The van der Waals surface area contributed by atoms with Gasteiger partial charge >= 0.3 is 6.09 Å². The van der Waals surface area contributed by atoms with Crippen LogP contribution in [-0.4, -0.2) is 26.1 Å². The summed E-state index contributed by atoms with van der Waals surface area (Å²) < 4.78 is 10.9. The first-order valence-electron chi connectivity index (χ1n) is 9.77. The first-order valence-corrected chi connectivity index (χ1v) is 9.77. The third kappa shape index (κ3) is 6.78. The molecule has 2 N–H and O–H groups in total. The van der Waals surface area contributed by atoms with Crippen LogP contribution >= 0.6 is 0 Å². The largest absolute Gasteiger partial charge is 0.489 e. The van der Waals surface area contributed by atoms with Gasteiger partial charge in [0.2, 0.25) is 0 Å². The number of hydrogen-bond donors (Lipinski definition) is 2. The molecular formula is C24H25N3O4. The minimum atomic E-state index is -0.756. The summed E-state index contributed by atoms with van der Waals surface area (Å²) in [5.41, 5.74) is 7.81. The van der Waals surface area contributed by atoms with Gasteiger partial charge in [-0.25, -0.2) is 10.2 Å². The molecule has 31 heavy (non-hydrogen) atoms. The maximum absolute atomic E-state index is 12.1. The highest BCUT2D eigenvalue weighted by Crippen LogP contribution is 2.16. The quantitative estimate of drug-likeness (QED) is 0.568. The molecule has 0 spiro atoms. The predicted molar refractivity (Wildman–Crippen MR) is 119 cm³/mol. The Morgan fingerprint density at radius 2 is 1.52 bits per heavy atom. The van der Waals surface area contributed by atoms with E-state index < -0.39 is 12.0 Å². The molecule has 0 atom stereocenters. The molecule has 0 heterocycles. The van der Waals surface area contributed by atoms with E-state index in [0.29, 0.717) is 17.9 Å². The Labute approximate surface area is 181 Å². The van der Waals surface area contributed by atoms with Crippen LogP contribution in [0.3, 0.4) is 0 Å². The SMILES string of the molecule is CN(C)c1ccc(C(=O)NNC(=O)OCc2cccc(OCc3ccccc3)c2)cc1. The van der Waals surface area contributed by atoms with E-state index in [-0.39, 0.29) is 6.61 Å². The van der Waals surface area contributed by atoms with Gasteiger partial charge in [-0.2, -0.15) is 0 Å². The average Bonchev–Trinajstić information content (AvgIpc) is 2.81. The Hall–Kier alpha value is -4.00. The van der Waals surface area contributed by atoms with Crippen LogP contribution < -0.4 is 20.5 Å². The third-order valence-corrected chi connectivity index (χ3v) is 4.44. The van der Waals surface area contributed by atoms with Crippen molar-refractivity contribution >= 4 is 17.7 Å². The Kier molecular flexibility index (Phi) is 7.48. The van der Waals surface area contributed by atoms with Crippen LogP contribution in [0.5, 0.6) is 5.75 Å². The van der Waals surface area contributed by atoms with E-state index in [4.69, 9.17) is 9.47 Å². The molecule has 0 aliphatic rings. The molecule has 0 aliphatic carbocycles. The van der Waals surface area contributed by atoms with E-state index in [1.165, 1.54) is 0 Å². The Morgan fingerprint density at radius 1 is 0.806 bits per heavy atom. The number of carbonyl (C=O) groups is 2. The number of anilines is 1. The number of hydrazine groups is 1. The average molecular weight is 419 g/mol. The fraction of sp³-hybridized carbons (Fsp3) is 0.167. The zero-order chi connectivity index (χ0) is 22.1. The molecule has 3 aromatic carbocycles. The molecule has 0 radical (unpaired) electrons. The summed E-state index contributed by atoms with van der Waals surface area (Å²) in [6, 6.07) is 24.1. The zero-order valence-corrected chi connectivity index (χ0v) is 17.5. The van der Waals surface area contributed by atoms with Crippen molar-refractivity contribution in [2.75, 3.05) is 19.0 Å². The van der Waals surface area contributed by atoms with E-state index in [1.807, 2.05) is 79.7 Å². The van der Waals surface area contributed by atoms with E-state index in [9.17, 15) is 9.59 Å². The normalized spacial score (nSPS) is 10.1. The molecule has 0 fully saturated rings. The molecule has 0 saturated heterocycles. The number of rotatable bonds is 7. The molecule has 3 rings (SSSR count). The van der Waals surface area contributed by atoms with Gasteiger partial charge in [0.25, 0.3) is 5.91 Å². The lowest BCUT2D eigenvalue weighted by atomic mass is 10.2. The van der Waals surface area contributed by atoms with E-state index >= 15 is 0 Å². The minimum Gasteiger partial charge on any atom is -0.489 e. The monoisotopic (exact) mass is 419 g/mol. The van der Waals surface area contributed by atoms with Crippen LogP contribution in [0.15, 0.2) is 78.9 Å². The van der Waals surface area contributed by atoms with Crippen molar-refractivity contribution in [3.8, 4) is 5.75 Å². The van der Waals surface area contributed by atoms with Crippen LogP contribution in [0.25, 0.3) is 0 Å². The number of carbonyl (C=O) groups excluding carboxylic acids is 2. The van der Waals surface area contributed by atoms with E-state index in [0.717, 1.165) is 16.8 Å². The maximum atomic E-state index is 12.1. The Balaban J connectivity index is 1.43. The molecular weight excluding hydrogens is 394 g/mol. The lowest BCUT2D eigenvalue weighted by Crippen LogP contribution is -2.41. The van der Waals surface area contributed by atoms with E-state index in [1.54, 1.807) is 18.2 Å². The van der Waals surface area contributed by atoms with Crippen molar-refractivity contribution in [1.29, 1.82) is 0 Å². The molecule has 0 saturated carbocycles. The molecule has 7 heteroatoms. The second-order valence-electron chi connectivity index (χ2n) is 7.02. The van der Waals surface area contributed by atoms with Gasteiger partial charge in [-0.15, -0.1) is 0 Å². The van der Waals surface area contributed by atoms with Crippen LogP contribution in [0.4, 0.5) is 10.5 Å². The van der Waals surface area contributed by atoms with Crippen molar-refractivity contribution in [2.24, 2.45) is 0 Å².